The Hall–Kier alpha value is -1.34. The second-order valence-corrected chi connectivity index (χ2v) is 2.77. The van der Waals surface area contributed by atoms with E-state index in [-0.39, 0.29) is 11.8 Å². The van der Waals surface area contributed by atoms with E-state index in [1.165, 1.54) is 12.6 Å². The van der Waals surface area contributed by atoms with Crippen molar-refractivity contribution < 1.29 is 0 Å². The minimum absolute atomic E-state index is 0.174. The molecule has 1 aromatic rings. The quantitative estimate of drug-likeness (QED) is 0.604. The first-order valence-electron chi connectivity index (χ1n) is 4.33. The van der Waals surface area contributed by atoms with Crippen molar-refractivity contribution >= 4 is 17.4 Å². The van der Waals surface area contributed by atoms with Gasteiger partial charge in [0.05, 0.1) is 6.07 Å². The van der Waals surface area contributed by atoms with Crippen molar-refractivity contribution in [1.82, 2.24) is 9.97 Å². The Morgan fingerprint density at radius 1 is 1.57 bits per heavy atom. The van der Waals surface area contributed by atoms with Crippen LogP contribution in [0.3, 0.4) is 0 Å². The number of aromatic nitrogens is 2. The zero-order chi connectivity index (χ0) is 10.8. The smallest absolute Gasteiger partial charge is 0.224 e. The topological polar surface area (TPSA) is 61.6 Å². The molecule has 0 aliphatic heterocycles. The van der Waals surface area contributed by atoms with Crippen LogP contribution >= 0.6 is 11.6 Å². The Labute approximate surface area is 88.9 Å². The van der Waals surface area contributed by atoms with Crippen molar-refractivity contribution in [3.05, 3.63) is 17.5 Å². The number of hydrogen-bond donors (Lipinski definition) is 1. The van der Waals surface area contributed by atoms with Gasteiger partial charge in [0.15, 0.2) is 0 Å². The van der Waals surface area contributed by atoms with E-state index in [2.05, 4.69) is 29.1 Å². The monoisotopic (exact) mass is 212 g/mol. The lowest BCUT2D eigenvalue weighted by atomic mass is 10.5. The molecule has 0 aromatic carbocycles. The van der Waals surface area contributed by atoms with E-state index in [1.54, 1.807) is 6.07 Å². The largest absolute Gasteiger partial charge is 0.357 e. The first-order valence-corrected chi connectivity index (χ1v) is 4.71. The molecule has 0 saturated heterocycles. The van der Waals surface area contributed by atoms with Crippen molar-refractivity contribution in [2.24, 2.45) is 0 Å². The number of anilines is 1. The number of rotatable bonds is 2. The van der Waals surface area contributed by atoms with Crippen LogP contribution in [0.5, 0.6) is 0 Å². The van der Waals surface area contributed by atoms with Crippen LogP contribution in [-0.4, -0.2) is 16.5 Å². The summed E-state index contributed by atoms with van der Waals surface area (Å²) in [5.41, 5.74) is 0. The summed E-state index contributed by atoms with van der Waals surface area (Å²) in [5.74, 6) is 0.562. The highest BCUT2D eigenvalue weighted by Crippen LogP contribution is 2.04. The highest BCUT2D eigenvalue weighted by atomic mass is 35.5. The van der Waals surface area contributed by atoms with Gasteiger partial charge in [0, 0.05) is 6.20 Å². The predicted octanol–water partition coefficient (Wildman–Crippen LogP) is 2.48. The summed E-state index contributed by atoms with van der Waals surface area (Å²) in [6, 6.07) is 3.56. The van der Waals surface area contributed by atoms with Gasteiger partial charge in [-0.1, -0.05) is 20.3 Å². The Morgan fingerprint density at radius 2 is 2.21 bits per heavy atom. The van der Waals surface area contributed by atoms with Crippen molar-refractivity contribution in [2.45, 2.75) is 20.3 Å². The predicted molar refractivity (Wildman–Crippen MR) is 57.1 cm³/mol. The maximum absolute atomic E-state index is 8.21. The molecule has 0 aliphatic carbocycles. The molecule has 0 saturated carbocycles. The molecule has 1 N–H and O–H groups in total. The van der Waals surface area contributed by atoms with Crippen LogP contribution in [0.15, 0.2) is 12.3 Å². The molecule has 0 unspecified atom stereocenters. The van der Waals surface area contributed by atoms with Crippen molar-refractivity contribution in [2.75, 3.05) is 11.9 Å². The third kappa shape index (κ3) is 6.21. The molecule has 0 atom stereocenters. The fraction of sp³-hybridized carbons (Fsp3) is 0.444. The first kappa shape index (κ1) is 12.7. The van der Waals surface area contributed by atoms with E-state index >= 15 is 0 Å². The SMILES string of the molecule is CCC.N#CCNc1ccnc(Cl)n1. The first-order chi connectivity index (χ1) is 6.74. The molecule has 1 rings (SSSR count). The van der Waals surface area contributed by atoms with Gasteiger partial charge in [-0.2, -0.15) is 5.26 Å². The lowest BCUT2D eigenvalue weighted by Crippen LogP contribution is -2.00. The number of nitrogens with one attached hydrogen (secondary N) is 1. The summed E-state index contributed by atoms with van der Waals surface area (Å²) >= 11 is 5.48. The van der Waals surface area contributed by atoms with Gasteiger partial charge in [0.1, 0.15) is 12.4 Å². The van der Waals surface area contributed by atoms with Gasteiger partial charge in [-0.3, -0.25) is 0 Å². The molecule has 0 aliphatic rings. The third-order valence-corrected chi connectivity index (χ3v) is 1.16. The summed E-state index contributed by atoms with van der Waals surface area (Å²) in [5, 5.41) is 11.1. The van der Waals surface area contributed by atoms with E-state index in [0.29, 0.717) is 5.82 Å². The van der Waals surface area contributed by atoms with Crippen molar-refractivity contribution in [1.29, 1.82) is 5.26 Å². The zero-order valence-electron chi connectivity index (χ0n) is 8.29. The summed E-state index contributed by atoms with van der Waals surface area (Å²) < 4.78 is 0. The third-order valence-electron chi connectivity index (χ3n) is 0.975. The maximum Gasteiger partial charge on any atom is 0.224 e. The molecular formula is C9H13ClN4. The van der Waals surface area contributed by atoms with Gasteiger partial charge >= 0.3 is 0 Å². The standard InChI is InChI=1S/C6H5ClN4.C3H8/c7-6-10-3-1-5(11-6)9-4-2-8;1-3-2/h1,3H,4H2,(H,9,10,11);3H2,1-2H3. The van der Waals surface area contributed by atoms with E-state index < -0.39 is 0 Å². The molecule has 14 heavy (non-hydrogen) atoms. The molecule has 0 bridgehead atoms. The Morgan fingerprint density at radius 3 is 2.71 bits per heavy atom. The van der Waals surface area contributed by atoms with Crippen LogP contribution in [0.2, 0.25) is 5.28 Å². The molecule has 1 aromatic heterocycles. The van der Waals surface area contributed by atoms with Gasteiger partial charge < -0.3 is 5.32 Å². The van der Waals surface area contributed by atoms with Crippen LogP contribution in [0, 0.1) is 11.3 Å². The van der Waals surface area contributed by atoms with Crippen molar-refractivity contribution in [3.63, 3.8) is 0 Å². The molecule has 4 nitrogen and oxygen atoms in total. The lowest BCUT2D eigenvalue weighted by Gasteiger charge is -1.97. The second-order valence-electron chi connectivity index (χ2n) is 2.43. The maximum atomic E-state index is 8.21. The molecule has 5 heteroatoms. The average Bonchev–Trinajstić information content (AvgIpc) is 2.16. The number of halogens is 1. The molecule has 0 fully saturated rings. The van der Waals surface area contributed by atoms with Crippen LogP contribution in [0.4, 0.5) is 5.82 Å². The van der Waals surface area contributed by atoms with Crippen LogP contribution in [0.1, 0.15) is 20.3 Å². The highest BCUT2D eigenvalue weighted by Gasteiger charge is 1.92. The Balaban J connectivity index is 0.000000500. The normalized spacial score (nSPS) is 8.14. The van der Waals surface area contributed by atoms with E-state index in [0.717, 1.165) is 0 Å². The minimum Gasteiger partial charge on any atom is -0.357 e. The average molecular weight is 213 g/mol. The van der Waals surface area contributed by atoms with Gasteiger partial charge in [-0.15, -0.1) is 0 Å². The van der Waals surface area contributed by atoms with Gasteiger partial charge in [0.2, 0.25) is 5.28 Å². The number of nitriles is 1. The van der Waals surface area contributed by atoms with E-state index in [9.17, 15) is 0 Å². The summed E-state index contributed by atoms with van der Waals surface area (Å²) in [4.78, 5) is 7.48. The highest BCUT2D eigenvalue weighted by molar-refractivity contribution is 6.28. The van der Waals surface area contributed by atoms with Crippen molar-refractivity contribution in [3.8, 4) is 6.07 Å². The van der Waals surface area contributed by atoms with Gasteiger partial charge in [-0.05, 0) is 17.7 Å². The molecule has 1 heterocycles. The molecule has 0 amide bonds. The summed E-state index contributed by atoms with van der Waals surface area (Å²) in [7, 11) is 0. The fourth-order valence-electron chi connectivity index (χ4n) is 0.563. The summed E-state index contributed by atoms with van der Waals surface area (Å²) in [6.07, 6.45) is 2.77. The van der Waals surface area contributed by atoms with Gasteiger partial charge in [-0.25, -0.2) is 9.97 Å². The van der Waals surface area contributed by atoms with Crippen LogP contribution in [0.25, 0.3) is 0 Å². The van der Waals surface area contributed by atoms with Gasteiger partial charge in [0.25, 0.3) is 0 Å². The summed E-state index contributed by atoms with van der Waals surface area (Å²) in [6.45, 7) is 4.47. The minimum atomic E-state index is 0.174. The number of nitrogens with zero attached hydrogens (tertiary/aromatic N) is 3. The molecule has 76 valence electrons. The Kier molecular flexibility index (Phi) is 7.48. The molecule has 0 radical (unpaired) electrons. The van der Waals surface area contributed by atoms with E-state index in [4.69, 9.17) is 16.9 Å². The molecular weight excluding hydrogens is 200 g/mol. The molecule has 0 spiro atoms. The zero-order valence-corrected chi connectivity index (χ0v) is 9.04. The fourth-order valence-corrected chi connectivity index (χ4v) is 0.711. The lowest BCUT2D eigenvalue weighted by molar-refractivity contribution is 1.09. The Bertz CT molecular complexity index is 295. The number of hydrogen-bond acceptors (Lipinski definition) is 4. The second kappa shape index (κ2) is 8.27. The van der Waals surface area contributed by atoms with E-state index in [1.807, 2.05) is 6.07 Å². The van der Waals surface area contributed by atoms with Crippen LogP contribution < -0.4 is 5.32 Å². The van der Waals surface area contributed by atoms with Crippen LogP contribution in [-0.2, 0) is 0 Å².